The molecule has 0 spiro atoms. The van der Waals surface area contributed by atoms with Crippen LogP contribution >= 0.6 is 11.6 Å². The Morgan fingerprint density at radius 2 is 2.00 bits per heavy atom. The molecule has 150 valence electrons. The molecule has 1 heterocycles. The molecule has 0 aromatic heterocycles. The molecule has 0 unspecified atom stereocenters. The van der Waals surface area contributed by atoms with Gasteiger partial charge in [-0.3, -0.25) is 4.79 Å². The molecule has 0 radical (unpaired) electrons. The highest BCUT2D eigenvalue weighted by Crippen LogP contribution is 2.32. The zero-order valence-electron chi connectivity index (χ0n) is 16.1. The second-order valence-electron chi connectivity index (χ2n) is 6.67. The van der Waals surface area contributed by atoms with Gasteiger partial charge < -0.3 is 9.64 Å². The van der Waals surface area contributed by atoms with Crippen LogP contribution < -0.4 is 9.64 Å². The fourth-order valence-electron chi connectivity index (χ4n) is 3.50. The van der Waals surface area contributed by atoms with E-state index in [-0.39, 0.29) is 35.0 Å². The third kappa shape index (κ3) is 3.74. The van der Waals surface area contributed by atoms with Crippen molar-refractivity contribution in [2.24, 2.45) is 0 Å². The highest BCUT2D eigenvalue weighted by atomic mass is 35.5. The van der Waals surface area contributed by atoms with Crippen molar-refractivity contribution in [3.8, 4) is 5.75 Å². The topological polar surface area (TPSA) is 66.9 Å². The number of sulfonamides is 1. The average Bonchev–Trinajstić information content (AvgIpc) is 3.01. The lowest BCUT2D eigenvalue weighted by Crippen LogP contribution is -2.45. The Morgan fingerprint density at radius 3 is 2.64 bits per heavy atom. The molecule has 0 aliphatic carbocycles. The third-order valence-electron chi connectivity index (χ3n) is 4.90. The Morgan fingerprint density at radius 1 is 1.29 bits per heavy atom. The van der Waals surface area contributed by atoms with Crippen LogP contribution in [0.25, 0.3) is 0 Å². The zero-order chi connectivity index (χ0) is 20.5. The molecule has 0 bridgehead atoms. The predicted octanol–water partition coefficient (Wildman–Crippen LogP) is 3.34. The van der Waals surface area contributed by atoms with Crippen molar-refractivity contribution in [3.63, 3.8) is 0 Å². The third-order valence-corrected chi connectivity index (χ3v) is 7.11. The number of rotatable bonds is 6. The lowest BCUT2D eigenvalue weighted by molar-refractivity contribution is -0.119. The number of ether oxygens (including phenoxy) is 1. The highest BCUT2D eigenvalue weighted by Gasteiger charge is 2.34. The van der Waals surface area contributed by atoms with Gasteiger partial charge in [0.15, 0.2) is 0 Å². The first kappa shape index (κ1) is 20.6. The Labute approximate surface area is 170 Å². The van der Waals surface area contributed by atoms with Gasteiger partial charge in [-0.2, -0.15) is 4.31 Å². The van der Waals surface area contributed by atoms with Crippen LogP contribution in [0.5, 0.6) is 5.75 Å². The van der Waals surface area contributed by atoms with Gasteiger partial charge in [-0.05, 0) is 43.2 Å². The van der Waals surface area contributed by atoms with E-state index in [0.717, 1.165) is 17.7 Å². The molecule has 2 aromatic rings. The maximum absolute atomic E-state index is 13.0. The van der Waals surface area contributed by atoms with Crippen LogP contribution in [-0.2, 0) is 21.2 Å². The first-order chi connectivity index (χ1) is 13.3. The number of hydrogen-bond donors (Lipinski definition) is 0. The number of hydrogen-bond acceptors (Lipinski definition) is 4. The van der Waals surface area contributed by atoms with E-state index < -0.39 is 10.0 Å². The number of anilines is 1. The number of carbonyl (C=O) groups excluding carboxylic acids is 1. The zero-order valence-corrected chi connectivity index (χ0v) is 17.6. The van der Waals surface area contributed by atoms with Crippen molar-refractivity contribution in [1.82, 2.24) is 4.31 Å². The summed E-state index contributed by atoms with van der Waals surface area (Å²) >= 11 is 6.08. The van der Waals surface area contributed by atoms with E-state index in [4.69, 9.17) is 16.3 Å². The Hall–Kier alpha value is -2.09. The first-order valence-electron chi connectivity index (χ1n) is 9.03. The monoisotopic (exact) mass is 422 g/mol. The number of fused-ring (bicyclic) bond motifs is 1. The Kier molecular flexibility index (Phi) is 5.98. The summed E-state index contributed by atoms with van der Waals surface area (Å²) < 4.78 is 32.3. The van der Waals surface area contributed by atoms with Crippen molar-refractivity contribution in [1.29, 1.82) is 0 Å². The number of para-hydroxylation sites is 1. The van der Waals surface area contributed by atoms with Gasteiger partial charge in [0.2, 0.25) is 15.9 Å². The smallest absolute Gasteiger partial charge is 0.243 e. The largest absolute Gasteiger partial charge is 0.495 e. The summed E-state index contributed by atoms with van der Waals surface area (Å²) in [5.41, 5.74) is 1.94. The molecule has 3 rings (SSSR count). The van der Waals surface area contributed by atoms with E-state index in [1.807, 2.05) is 31.2 Å². The normalized spacial score (nSPS) is 16.3. The van der Waals surface area contributed by atoms with Crippen molar-refractivity contribution in [3.05, 3.63) is 53.1 Å². The van der Waals surface area contributed by atoms with Gasteiger partial charge in [-0.25, -0.2) is 8.42 Å². The lowest BCUT2D eigenvalue weighted by Gasteiger charge is -2.27. The fraction of sp³-hybridized carbons (Fsp3) is 0.350. The number of likely N-dealkylation sites (N-methyl/N-ethyl adjacent to an activating group) is 1. The molecule has 8 heteroatoms. The summed E-state index contributed by atoms with van der Waals surface area (Å²) in [4.78, 5) is 14.7. The minimum Gasteiger partial charge on any atom is -0.495 e. The molecule has 1 aliphatic rings. The van der Waals surface area contributed by atoms with Crippen LogP contribution in [0, 0.1) is 0 Å². The van der Waals surface area contributed by atoms with Crippen LogP contribution in [0.2, 0.25) is 5.02 Å². The van der Waals surface area contributed by atoms with Gasteiger partial charge in [0.1, 0.15) is 5.75 Å². The van der Waals surface area contributed by atoms with E-state index in [1.165, 1.54) is 29.6 Å². The van der Waals surface area contributed by atoms with Crippen molar-refractivity contribution in [2.45, 2.75) is 31.2 Å². The summed E-state index contributed by atoms with van der Waals surface area (Å²) in [6.45, 7) is 3.60. The van der Waals surface area contributed by atoms with Gasteiger partial charge >= 0.3 is 0 Å². The lowest BCUT2D eigenvalue weighted by atomic mass is 10.1. The van der Waals surface area contributed by atoms with Crippen LogP contribution in [0.15, 0.2) is 47.4 Å². The van der Waals surface area contributed by atoms with E-state index >= 15 is 0 Å². The SMILES string of the molecule is CCN(CC(=O)N1c2ccccc2C[C@@H]1C)S(=O)(=O)c1ccc(OC)c(Cl)c1. The number of benzene rings is 2. The van der Waals surface area contributed by atoms with E-state index in [0.29, 0.717) is 5.75 Å². The van der Waals surface area contributed by atoms with Gasteiger partial charge in [-0.15, -0.1) is 0 Å². The highest BCUT2D eigenvalue weighted by molar-refractivity contribution is 7.89. The molecule has 0 saturated heterocycles. The van der Waals surface area contributed by atoms with Gasteiger partial charge in [0.05, 0.1) is 23.6 Å². The minimum atomic E-state index is -3.87. The van der Waals surface area contributed by atoms with E-state index in [2.05, 4.69) is 0 Å². The Balaban J connectivity index is 1.86. The molecule has 1 atom stereocenters. The summed E-state index contributed by atoms with van der Waals surface area (Å²) in [5, 5.41) is 0.202. The second kappa shape index (κ2) is 8.11. The molecule has 28 heavy (non-hydrogen) atoms. The summed E-state index contributed by atoms with van der Waals surface area (Å²) in [6.07, 6.45) is 0.759. The molecule has 0 saturated carbocycles. The summed E-state index contributed by atoms with van der Waals surface area (Å²) in [7, 11) is -2.41. The number of halogens is 1. The summed E-state index contributed by atoms with van der Waals surface area (Å²) in [6, 6.07) is 12.0. The minimum absolute atomic E-state index is 0.0123. The average molecular weight is 423 g/mol. The first-order valence-corrected chi connectivity index (χ1v) is 10.8. The number of methoxy groups -OCH3 is 1. The van der Waals surface area contributed by atoms with E-state index in [1.54, 1.807) is 11.8 Å². The quantitative estimate of drug-likeness (QED) is 0.716. The van der Waals surface area contributed by atoms with Gasteiger partial charge in [0, 0.05) is 18.3 Å². The van der Waals surface area contributed by atoms with Crippen LogP contribution in [0.3, 0.4) is 0 Å². The van der Waals surface area contributed by atoms with Crippen molar-refractivity contribution >= 4 is 33.2 Å². The predicted molar refractivity (Wildman–Crippen MR) is 110 cm³/mol. The molecular formula is C20H23ClN2O4S. The van der Waals surface area contributed by atoms with Crippen LogP contribution in [0.4, 0.5) is 5.69 Å². The molecule has 1 amide bonds. The molecule has 1 aliphatic heterocycles. The second-order valence-corrected chi connectivity index (χ2v) is 9.02. The molecule has 6 nitrogen and oxygen atoms in total. The van der Waals surface area contributed by atoms with Crippen LogP contribution in [-0.4, -0.2) is 44.9 Å². The van der Waals surface area contributed by atoms with Crippen molar-refractivity contribution < 1.29 is 17.9 Å². The van der Waals surface area contributed by atoms with Crippen LogP contribution in [0.1, 0.15) is 19.4 Å². The maximum Gasteiger partial charge on any atom is 0.243 e. The molecule has 0 fully saturated rings. The van der Waals surface area contributed by atoms with Crippen molar-refractivity contribution in [2.75, 3.05) is 25.1 Å². The molecule has 2 aromatic carbocycles. The summed E-state index contributed by atoms with van der Waals surface area (Å²) in [5.74, 6) is 0.143. The van der Waals surface area contributed by atoms with Gasteiger partial charge in [-0.1, -0.05) is 36.7 Å². The number of nitrogens with zero attached hydrogens (tertiary/aromatic N) is 2. The number of amides is 1. The maximum atomic E-state index is 13.0. The fourth-order valence-corrected chi connectivity index (χ4v) is 5.24. The van der Waals surface area contributed by atoms with Gasteiger partial charge in [0.25, 0.3) is 0 Å². The van der Waals surface area contributed by atoms with E-state index in [9.17, 15) is 13.2 Å². The molecule has 0 N–H and O–H groups in total. The number of carbonyl (C=O) groups is 1. The standard InChI is InChI=1S/C20H23ClN2O4S/c1-4-22(28(25,26)16-9-10-19(27-3)17(21)12-16)13-20(24)23-14(2)11-15-7-5-6-8-18(15)23/h5-10,12,14H,4,11,13H2,1-3H3/t14-/m0/s1. The Bertz CT molecular complexity index is 993. The molecular weight excluding hydrogens is 400 g/mol.